The number of nitrogens with zero attached hydrogens (tertiary/aromatic N) is 3. The summed E-state index contributed by atoms with van der Waals surface area (Å²) in [4.78, 5) is 19.8. The molecule has 0 N–H and O–H groups in total. The fourth-order valence-corrected chi connectivity index (χ4v) is 3.18. The van der Waals surface area contributed by atoms with Crippen molar-refractivity contribution in [1.29, 1.82) is 0 Å². The van der Waals surface area contributed by atoms with Gasteiger partial charge in [-0.3, -0.25) is 14.7 Å². The second-order valence-electron chi connectivity index (χ2n) is 5.89. The van der Waals surface area contributed by atoms with E-state index in [0.29, 0.717) is 26.1 Å². The van der Waals surface area contributed by atoms with Gasteiger partial charge in [-0.15, -0.1) is 0 Å². The Bertz CT molecular complexity index is 594. The number of amides is 1. The number of hydrogen-bond donors (Lipinski definition) is 0. The summed E-state index contributed by atoms with van der Waals surface area (Å²) in [5.41, 5.74) is -1.52. The Balaban J connectivity index is 1.82. The number of likely N-dealkylation sites (N-methyl/N-ethyl adjacent to an activating group) is 1. The molecular weight excluding hydrogens is 311 g/mol. The number of aromatic nitrogens is 1. The van der Waals surface area contributed by atoms with Crippen LogP contribution in [0.15, 0.2) is 18.3 Å². The molecule has 0 radical (unpaired) electrons. The summed E-state index contributed by atoms with van der Waals surface area (Å²) >= 11 is 0. The Morgan fingerprint density at radius 2 is 2.17 bits per heavy atom. The van der Waals surface area contributed by atoms with Gasteiger partial charge in [0.15, 0.2) is 0 Å². The maximum absolute atomic E-state index is 13.1. The zero-order valence-electron chi connectivity index (χ0n) is 12.7. The normalized spacial score (nSPS) is 26.0. The molecule has 0 aromatic carbocycles. The zero-order chi connectivity index (χ0) is 16.6. The number of morpholine rings is 1. The number of fused-ring (bicyclic) bond motifs is 1. The number of pyridine rings is 1. The topological polar surface area (TPSA) is 45.7 Å². The second kappa shape index (κ2) is 6.09. The third-order valence-corrected chi connectivity index (χ3v) is 4.47. The molecule has 2 fully saturated rings. The van der Waals surface area contributed by atoms with Gasteiger partial charge in [0.1, 0.15) is 5.69 Å². The van der Waals surface area contributed by atoms with Gasteiger partial charge in [0, 0.05) is 25.8 Å². The minimum Gasteiger partial charge on any atom is -0.375 e. The van der Waals surface area contributed by atoms with Gasteiger partial charge in [0.2, 0.25) is 0 Å². The van der Waals surface area contributed by atoms with Crippen molar-refractivity contribution < 1.29 is 22.7 Å². The number of carbonyl (C=O) groups excluding carboxylic acids is 1. The highest BCUT2D eigenvalue weighted by atomic mass is 19.4. The smallest absolute Gasteiger partial charge is 0.375 e. The van der Waals surface area contributed by atoms with E-state index < -0.39 is 23.3 Å². The van der Waals surface area contributed by atoms with E-state index in [0.717, 1.165) is 12.6 Å². The van der Waals surface area contributed by atoms with E-state index in [4.69, 9.17) is 4.74 Å². The Kier molecular flexibility index (Phi) is 4.29. The monoisotopic (exact) mass is 329 g/mol. The molecule has 2 atom stereocenters. The summed E-state index contributed by atoms with van der Waals surface area (Å²) in [5.74, 6) is -0.671. The third-order valence-electron chi connectivity index (χ3n) is 4.47. The Labute approximate surface area is 132 Å². The maximum atomic E-state index is 13.1. The first-order valence-corrected chi connectivity index (χ1v) is 7.51. The van der Waals surface area contributed by atoms with Crippen molar-refractivity contribution >= 4 is 5.91 Å². The first kappa shape index (κ1) is 16.2. The fraction of sp³-hybridized carbons (Fsp3) is 0.600. The summed E-state index contributed by atoms with van der Waals surface area (Å²) in [7, 11) is 1.94. The lowest BCUT2D eigenvalue weighted by Crippen LogP contribution is -2.59. The summed E-state index contributed by atoms with van der Waals surface area (Å²) < 4.78 is 44.9. The lowest BCUT2D eigenvalue weighted by Gasteiger charge is -2.45. The molecule has 3 heterocycles. The van der Waals surface area contributed by atoms with Gasteiger partial charge < -0.3 is 9.64 Å². The van der Waals surface area contributed by atoms with Crippen LogP contribution >= 0.6 is 0 Å². The van der Waals surface area contributed by atoms with Gasteiger partial charge in [-0.1, -0.05) is 0 Å². The standard InChI is InChI=1S/C15H18F3N3O2/c1-20-7-8-23-12-4-6-21(9-11(12)20)14(22)13-10(15(16,17)18)3-2-5-19-13/h2-3,5,11-12H,4,6-9H2,1H3/t11-,12+/m1/s1. The van der Waals surface area contributed by atoms with Crippen molar-refractivity contribution in [2.75, 3.05) is 33.3 Å². The highest BCUT2D eigenvalue weighted by molar-refractivity contribution is 5.94. The molecule has 0 saturated carbocycles. The van der Waals surface area contributed by atoms with Crippen LogP contribution in [0.4, 0.5) is 13.2 Å². The molecule has 1 amide bonds. The molecule has 1 aromatic heterocycles. The average Bonchev–Trinajstić information content (AvgIpc) is 2.53. The highest BCUT2D eigenvalue weighted by Gasteiger charge is 2.40. The molecule has 3 rings (SSSR count). The molecule has 23 heavy (non-hydrogen) atoms. The Morgan fingerprint density at radius 1 is 1.39 bits per heavy atom. The SMILES string of the molecule is CN1CCO[C@H]2CCN(C(=O)c3ncccc3C(F)(F)F)C[C@H]21. The van der Waals surface area contributed by atoms with E-state index in [1.165, 1.54) is 17.2 Å². The second-order valence-corrected chi connectivity index (χ2v) is 5.89. The lowest BCUT2D eigenvalue weighted by atomic mass is 9.98. The van der Waals surface area contributed by atoms with Crippen molar-refractivity contribution in [2.45, 2.75) is 24.7 Å². The van der Waals surface area contributed by atoms with Crippen LogP contribution in [0.25, 0.3) is 0 Å². The van der Waals surface area contributed by atoms with Crippen molar-refractivity contribution in [2.24, 2.45) is 0 Å². The van der Waals surface area contributed by atoms with Gasteiger partial charge >= 0.3 is 6.18 Å². The Hall–Kier alpha value is -1.67. The molecule has 8 heteroatoms. The largest absolute Gasteiger partial charge is 0.418 e. The number of halogens is 3. The first-order chi connectivity index (χ1) is 10.9. The fourth-order valence-electron chi connectivity index (χ4n) is 3.18. The van der Waals surface area contributed by atoms with Gasteiger partial charge in [-0.25, -0.2) is 0 Å². The van der Waals surface area contributed by atoms with E-state index in [2.05, 4.69) is 9.88 Å². The van der Waals surface area contributed by atoms with Crippen molar-refractivity contribution in [3.63, 3.8) is 0 Å². The predicted molar refractivity (Wildman–Crippen MR) is 75.9 cm³/mol. The molecule has 0 bridgehead atoms. The summed E-state index contributed by atoms with van der Waals surface area (Å²) in [6.45, 7) is 2.13. The lowest BCUT2D eigenvalue weighted by molar-refractivity contribution is -0.138. The molecule has 0 unspecified atom stereocenters. The molecule has 2 aliphatic rings. The number of piperidine rings is 1. The quantitative estimate of drug-likeness (QED) is 0.786. The van der Waals surface area contributed by atoms with Crippen LogP contribution in [0.2, 0.25) is 0 Å². The number of alkyl halides is 3. The molecule has 2 saturated heterocycles. The first-order valence-electron chi connectivity index (χ1n) is 7.51. The van der Waals surface area contributed by atoms with Gasteiger partial charge in [-0.05, 0) is 25.6 Å². The van der Waals surface area contributed by atoms with Crippen LogP contribution in [-0.2, 0) is 10.9 Å². The maximum Gasteiger partial charge on any atom is 0.418 e. The van der Waals surface area contributed by atoms with Crippen LogP contribution < -0.4 is 0 Å². The van der Waals surface area contributed by atoms with Crippen molar-refractivity contribution in [3.8, 4) is 0 Å². The Morgan fingerprint density at radius 3 is 2.91 bits per heavy atom. The average molecular weight is 329 g/mol. The van der Waals surface area contributed by atoms with E-state index in [1.807, 2.05) is 7.05 Å². The number of carbonyl (C=O) groups is 1. The van der Waals surface area contributed by atoms with Gasteiger partial charge in [-0.2, -0.15) is 13.2 Å². The van der Waals surface area contributed by atoms with Crippen LogP contribution in [0.1, 0.15) is 22.5 Å². The molecule has 0 aliphatic carbocycles. The minimum absolute atomic E-state index is 0.0134. The molecule has 126 valence electrons. The van der Waals surface area contributed by atoms with E-state index in [-0.39, 0.29) is 12.1 Å². The molecule has 2 aliphatic heterocycles. The van der Waals surface area contributed by atoms with E-state index in [1.54, 1.807) is 0 Å². The molecule has 0 spiro atoms. The predicted octanol–water partition coefficient (Wildman–Crippen LogP) is 1.65. The van der Waals surface area contributed by atoms with Crippen molar-refractivity contribution in [3.05, 3.63) is 29.6 Å². The molecule has 1 aromatic rings. The number of hydrogen-bond acceptors (Lipinski definition) is 4. The zero-order valence-corrected chi connectivity index (χ0v) is 12.7. The van der Waals surface area contributed by atoms with Crippen LogP contribution in [0.5, 0.6) is 0 Å². The van der Waals surface area contributed by atoms with Crippen LogP contribution in [-0.4, -0.2) is 66.1 Å². The molecular formula is C15H18F3N3O2. The summed E-state index contributed by atoms with van der Waals surface area (Å²) in [6, 6.07) is 2.09. The van der Waals surface area contributed by atoms with E-state index in [9.17, 15) is 18.0 Å². The summed E-state index contributed by atoms with van der Waals surface area (Å²) in [5, 5.41) is 0. The van der Waals surface area contributed by atoms with Crippen LogP contribution in [0.3, 0.4) is 0 Å². The van der Waals surface area contributed by atoms with Gasteiger partial charge in [0.05, 0.1) is 24.3 Å². The minimum atomic E-state index is -4.59. The van der Waals surface area contributed by atoms with Gasteiger partial charge in [0.25, 0.3) is 5.91 Å². The number of ether oxygens (including phenoxy) is 1. The van der Waals surface area contributed by atoms with Crippen molar-refractivity contribution in [1.82, 2.24) is 14.8 Å². The third kappa shape index (κ3) is 3.18. The highest BCUT2D eigenvalue weighted by Crippen LogP contribution is 2.32. The molecule has 5 nitrogen and oxygen atoms in total. The van der Waals surface area contributed by atoms with Crippen LogP contribution in [0, 0.1) is 0 Å². The number of likely N-dealkylation sites (tertiary alicyclic amines) is 1. The van der Waals surface area contributed by atoms with E-state index >= 15 is 0 Å². The number of rotatable bonds is 1. The summed E-state index contributed by atoms with van der Waals surface area (Å²) in [6.07, 6.45) is -2.73.